The summed E-state index contributed by atoms with van der Waals surface area (Å²) >= 11 is 1.85. The lowest BCUT2D eigenvalue weighted by Gasteiger charge is -2.38. The van der Waals surface area contributed by atoms with Crippen LogP contribution in [0.25, 0.3) is 0 Å². The molecule has 4 nitrogen and oxygen atoms in total. The number of guanidine groups is 1. The van der Waals surface area contributed by atoms with Gasteiger partial charge in [-0.1, -0.05) is 13.8 Å². The van der Waals surface area contributed by atoms with Crippen LogP contribution in [0, 0.1) is 5.41 Å². The quantitative estimate of drug-likeness (QED) is 0.420. The Hall–Kier alpha value is -0.340. The largest absolute Gasteiger partial charge is 0.380 e. The van der Waals surface area contributed by atoms with Crippen molar-refractivity contribution in [3.05, 3.63) is 21.9 Å². The van der Waals surface area contributed by atoms with Gasteiger partial charge >= 0.3 is 0 Å². The van der Waals surface area contributed by atoms with E-state index >= 15 is 0 Å². The Labute approximate surface area is 148 Å². The summed E-state index contributed by atoms with van der Waals surface area (Å²) in [5.74, 6) is 0.895. The van der Waals surface area contributed by atoms with Gasteiger partial charge in [0.05, 0.1) is 19.8 Å². The lowest BCUT2D eigenvalue weighted by atomic mass is 9.89. The third kappa shape index (κ3) is 5.75. The first-order valence-electron chi connectivity index (χ1n) is 7.33. The molecule has 1 saturated heterocycles. The molecule has 120 valence electrons. The van der Waals surface area contributed by atoms with Crippen LogP contribution in [0.2, 0.25) is 0 Å². The van der Waals surface area contributed by atoms with Crippen molar-refractivity contribution >= 4 is 41.3 Å². The van der Waals surface area contributed by atoms with E-state index < -0.39 is 0 Å². The van der Waals surface area contributed by atoms with E-state index in [0.29, 0.717) is 0 Å². The molecule has 0 radical (unpaired) electrons. The SMILES string of the molecule is CCNC(=NCc1ccc(CC)s1)NCC1(C)COC1.I. The fourth-order valence-corrected chi connectivity index (χ4v) is 2.93. The molecule has 2 heterocycles. The molecule has 1 aliphatic heterocycles. The van der Waals surface area contributed by atoms with E-state index in [9.17, 15) is 0 Å². The van der Waals surface area contributed by atoms with E-state index in [-0.39, 0.29) is 29.4 Å². The van der Waals surface area contributed by atoms with Crippen LogP contribution in [0.4, 0.5) is 0 Å². The average Bonchev–Trinajstić information content (AvgIpc) is 2.88. The van der Waals surface area contributed by atoms with Crippen molar-refractivity contribution in [1.82, 2.24) is 10.6 Å². The maximum atomic E-state index is 5.28. The summed E-state index contributed by atoms with van der Waals surface area (Å²) in [6.07, 6.45) is 1.10. The Morgan fingerprint density at radius 1 is 1.29 bits per heavy atom. The van der Waals surface area contributed by atoms with Crippen LogP contribution in [-0.2, 0) is 17.7 Å². The highest BCUT2D eigenvalue weighted by Crippen LogP contribution is 2.25. The first kappa shape index (κ1) is 18.7. The van der Waals surface area contributed by atoms with Gasteiger partial charge in [-0.2, -0.15) is 0 Å². The average molecular weight is 423 g/mol. The van der Waals surface area contributed by atoms with Crippen molar-refractivity contribution < 1.29 is 4.74 Å². The van der Waals surface area contributed by atoms with E-state index in [4.69, 9.17) is 4.74 Å². The second-order valence-corrected chi connectivity index (χ2v) is 6.83. The second-order valence-electron chi connectivity index (χ2n) is 5.57. The summed E-state index contributed by atoms with van der Waals surface area (Å²) in [7, 11) is 0. The number of halogens is 1. The summed E-state index contributed by atoms with van der Waals surface area (Å²) in [6.45, 7) is 10.7. The van der Waals surface area contributed by atoms with Crippen molar-refractivity contribution in [2.24, 2.45) is 10.4 Å². The van der Waals surface area contributed by atoms with Gasteiger partial charge < -0.3 is 15.4 Å². The molecule has 0 aliphatic carbocycles. The Morgan fingerprint density at radius 2 is 2.00 bits per heavy atom. The maximum absolute atomic E-state index is 5.28. The molecule has 1 fully saturated rings. The normalized spacial score (nSPS) is 16.8. The Balaban J connectivity index is 0.00000220. The van der Waals surface area contributed by atoms with Gasteiger partial charge in [-0.3, -0.25) is 0 Å². The van der Waals surface area contributed by atoms with Crippen molar-refractivity contribution in [2.75, 3.05) is 26.3 Å². The van der Waals surface area contributed by atoms with Gasteiger partial charge in [-0.05, 0) is 25.5 Å². The van der Waals surface area contributed by atoms with E-state index in [1.54, 1.807) is 0 Å². The van der Waals surface area contributed by atoms with E-state index in [2.05, 4.69) is 48.5 Å². The summed E-state index contributed by atoms with van der Waals surface area (Å²) in [6, 6.07) is 4.38. The van der Waals surface area contributed by atoms with Crippen LogP contribution >= 0.6 is 35.3 Å². The number of hydrogen-bond donors (Lipinski definition) is 2. The van der Waals surface area contributed by atoms with Gasteiger partial charge in [0.1, 0.15) is 0 Å². The monoisotopic (exact) mass is 423 g/mol. The first-order valence-corrected chi connectivity index (χ1v) is 8.14. The van der Waals surface area contributed by atoms with E-state index in [1.807, 2.05) is 11.3 Å². The number of rotatable bonds is 6. The zero-order valence-corrected chi connectivity index (χ0v) is 16.2. The van der Waals surface area contributed by atoms with Gasteiger partial charge in [0.2, 0.25) is 0 Å². The molecule has 0 atom stereocenters. The maximum Gasteiger partial charge on any atom is 0.191 e. The lowest BCUT2D eigenvalue weighted by molar-refractivity contribution is -0.0971. The van der Waals surface area contributed by atoms with Crippen LogP contribution in [0.5, 0.6) is 0 Å². The molecule has 1 aromatic rings. The number of aryl methyl sites for hydroxylation is 1. The summed E-state index contributed by atoms with van der Waals surface area (Å²) < 4.78 is 5.28. The molecule has 2 N–H and O–H groups in total. The van der Waals surface area contributed by atoms with Gasteiger partial charge in [0.25, 0.3) is 0 Å². The second kappa shape index (κ2) is 8.95. The minimum Gasteiger partial charge on any atom is -0.380 e. The molecular weight excluding hydrogens is 397 g/mol. The minimum absolute atomic E-state index is 0. The molecule has 0 amide bonds. The molecule has 0 bridgehead atoms. The van der Waals surface area contributed by atoms with E-state index in [1.165, 1.54) is 9.75 Å². The first-order chi connectivity index (χ1) is 9.65. The molecule has 0 unspecified atom stereocenters. The summed E-state index contributed by atoms with van der Waals surface area (Å²) in [5, 5.41) is 6.71. The van der Waals surface area contributed by atoms with Gasteiger partial charge in [0.15, 0.2) is 5.96 Å². The molecule has 21 heavy (non-hydrogen) atoms. The number of thiophene rings is 1. The van der Waals surface area contributed by atoms with Gasteiger partial charge in [0, 0.05) is 28.3 Å². The third-order valence-corrected chi connectivity index (χ3v) is 4.60. The molecule has 2 rings (SSSR count). The zero-order chi connectivity index (χ0) is 14.4. The predicted octanol–water partition coefficient (Wildman–Crippen LogP) is 3.02. The number of aliphatic imine (C=N–C) groups is 1. The third-order valence-electron chi connectivity index (χ3n) is 3.39. The molecule has 0 aromatic carbocycles. The number of hydrogen-bond acceptors (Lipinski definition) is 3. The molecule has 0 saturated carbocycles. The lowest BCUT2D eigenvalue weighted by Crippen LogP contribution is -2.51. The fraction of sp³-hybridized carbons (Fsp3) is 0.667. The van der Waals surface area contributed by atoms with Crippen LogP contribution < -0.4 is 10.6 Å². The standard InChI is InChI=1S/C15H25N3OS.HI/c1-4-12-6-7-13(20-12)8-17-14(16-5-2)18-9-15(3)10-19-11-15;/h6-7H,4-5,8-11H2,1-3H3,(H2,16,17,18);1H. The molecule has 1 aromatic heterocycles. The molecular formula is C15H26IN3OS. The Bertz CT molecular complexity index is 458. The van der Waals surface area contributed by atoms with Gasteiger partial charge in [-0.15, -0.1) is 35.3 Å². The van der Waals surface area contributed by atoms with Gasteiger partial charge in [-0.25, -0.2) is 4.99 Å². The molecule has 0 spiro atoms. The van der Waals surface area contributed by atoms with Crippen LogP contribution in [-0.4, -0.2) is 32.3 Å². The molecule has 1 aliphatic rings. The van der Waals surface area contributed by atoms with Crippen molar-refractivity contribution in [3.8, 4) is 0 Å². The van der Waals surface area contributed by atoms with Crippen molar-refractivity contribution in [1.29, 1.82) is 0 Å². The van der Waals surface area contributed by atoms with Crippen LogP contribution in [0.3, 0.4) is 0 Å². The summed E-state index contributed by atoms with van der Waals surface area (Å²) in [5.41, 5.74) is 0.258. The number of ether oxygens (including phenoxy) is 1. The predicted molar refractivity (Wildman–Crippen MR) is 101 cm³/mol. The zero-order valence-electron chi connectivity index (χ0n) is 13.1. The Morgan fingerprint density at radius 3 is 2.52 bits per heavy atom. The highest BCUT2D eigenvalue weighted by atomic mass is 127. The van der Waals surface area contributed by atoms with Crippen LogP contribution in [0.15, 0.2) is 17.1 Å². The number of nitrogens with zero attached hydrogens (tertiary/aromatic N) is 1. The van der Waals surface area contributed by atoms with E-state index in [0.717, 1.165) is 45.2 Å². The summed E-state index contributed by atoms with van der Waals surface area (Å²) in [4.78, 5) is 7.40. The van der Waals surface area contributed by atoms with Crippen LogP contribution in [0.1, 0.15) is 30.5 Å². The minimum atomic E-state index is 0. The van der Waals surface area contributed by atoms with Crippen molar-refractivity contribution in [3.63, 3.8) is 0 Å². The van der Waals surface area contributed by atoms with Crippen molar-refractivity contribution in [2.45, 2.75) is 33.7 Å². The fourth-order valence-electron chi connectivity index (χ4n) is 2.05. The topological polar surface area (TPSA) is 45.7 Å². The highest BCUT2D eigenvalue weighted by Gasteiger charge is 2.33. The molecule has 6 heteroatoms. The smallest absolute Gasteiger partial charge is 0.191 e. The Kier molecular flexibility index (Phi) is 7.97. The highest BCUT2D eigenvalue weighted by molar-refractivity contribution is 14.0. The number of nitrogens with one attached hydrogen (secondary N) is 2.